The number of likely N-dealkylation sites (tertiary alicyclic amines) is 1. The van der Waals surface area contributed by atoms with E-state index in [1.54, 1.807) is 6.92 Å². The van der Waals surface area contributed by atoms with E-state index in [1.807, 2.05) is 4.90 Å². The van der Waals surface area contributed by atoms with E-state index in [0.717, 1.165) is 13.1 Å². The van der Waals surface area contributed by atoms with E-state index in [-0.39, 0.29) is 11.8 Å². The van der Waals surface area contributed by atoms with Gasteiger partial charge in [0, 0.05) is 13.1 Å². The summed E-state index contributed by atoms with van der Waals surface area (Å²) in [6, 6.07) is 0. The first-order valence-corrected chi connectivity index (χ1v) is 7.33. The Bertz CT molecular complexity index is 373. The Morgan fingerprint density at radius 3 is 2.33 bits per heavy atom. The van der Waals surface area contributed by atoms with Gasteiger partial charge in [0.15, 0.2) is 0 Å². The van der Waals surface area contributed by atoms with E-state index in [0.29, 0.717) is 23.7 Å². The van der Waals surface area contributed by atoms with Crippen molar-refractivity contribution >= 4 is 5.91 Å². The van der Waals surface area contributed by atoms with E-state index in [9.17, 15) is 9.18 Å². The van der Waals surface area contributed by atoms with Gasteiger partial charge < -0.3 is 4.90 Å². The molecule has 1 spiro atoms. The van der Waals surface area contributed by atoms with E-state index in [2.05, 4.69) is 13.8 Å². The highest BCUT2D eigenvalue weighted by atomic mass is 19.1. The predicted molar refractivity (Wildman–Crippen MR) is 68.8 cm³/mol. The first-order valence-electron chi connectivity index (χ1n) is 7.33. The van der Waals surface area contributed by atoms with Gasteiger partial charge in [-0.05, 0) is 43.4 Å². The number of amides is 1. The summed E-state index contributed by atoms with van der Waals surface area (Å²) in [7, 11) is 0. The molecule has 0 bridgehead atoms. The molecule has 2 nitrogen and oxygen atoms in total. The molecule has 3 aliphatic rings. The van der Waals surface area contributed by atoms with Gasteiger partial charge in [-0.3, -0.25) is 4.79 Å². The Labute approximate surface area is 109 Å². The van der Waals surface area contributed by atoms with E-state index < -0.39 is 5.67 Å². The Hall–Kier alpha value is -0.600. The molecule has 3 heteroatoms. The van der Waals surface area contributed by atoms with Crippen LogP contribution < -0.4 is 0 Å². The van der Waals surface area contributed by atoms with Crippen molar-refractivity contribution in [3.63, 3.8) is 0 Å². The van der Waals surface area contributed by atoms with Crippen molar-refractivity contribution in [2.45, 2.75) is 52.1 Å². The van der Waals surface area contributed by atoms with Gasteiger partial charge in [-0.1, -0.05) is 20.3 Å². The summed E-state index contributed by atoms with van der Waals surface area (Å²) < 4.78 is 13.7. The maximum atomic E-state index is 13.7. The normalized spacial score (nSPS) is 41.3. The molecule has 1 saturated heterocycles. The number of halogens is 1. The molecule has 3 fully saturated rings. The van der Waals surface area contributed by atoms with Crippen LogP contribution in [0.2, 0.25) is 0 Å². The molecule has 2 saturated carbocycles. The molecule has 2 unspecified atom stereocenters. The molecule has 3 rings (SSSR count). The summed E-state index contributed by atoms with van der Waals surface area (Å²) in [6.07, 6.45) is 4.26. The number of nitrogens with zero attached hydrogens (tertiary/aromatic N) is 1. The lowest BCUT2D eigenvalue weighted by atomic mass is 9.60. The molecule has 1 aliphatic heterocycles. The van der Waals surface area contributed by atoms with Crippen molar-refractivity contribution in [2.24, 2.45) is 23.2 Å². The van der Waals surface area contributed by atoms with Crippen LogP contribution in [0.1, 0.15) is 46.5 Å². The highest BCUT2D eigenvalue weighted by molar-refractivity contribution is 5.83. The summed E-state index contributed by atoms with van der Waals surface area (Å²) in [5.74, 6) is 0.980. The minimum atomic E-state index is -1.22. The highest BCUT2D eigenvalue weighted by Crippen LogP contribution is 2.55. The van der Waals surface area contributed by atoms with Crippen LogP contribution in [-0.4, -0.2) is 29.6 Å². The van der Waals surface area contributed by atoms with Gasteiger partial charge in [-0.15, -0.1) is 0 Å². The third-order valence-corrected chi connectivity index (χ3v) is 5.64. The Morgan fingerprint density at radius 2 is 2.00 bits per heavy atom. The van der Waals surface area contributed by atoms with Crippen molar-refractivity contribution in [1.29, 1.82) is 0 Å². The van der Waals surface area contributed by atoms with Crippen molar-refractivity contribution < 1.29 is 9.18 Å². The number of rotatable bonds is 2. The highest BCUT2D eigenvalue weighted by Gasteiger charge is 2.60. The number of alkyl halides is 1. The van der Waals surface area contributed by atoms with Gasteiger partial charge in [0.1, 0.15) is 5.67 Å². The largest absolute Gasteiger partial charge is 0.341 e. The molecule has 102 valence electrons. The molecule has 0 aromatic rings. The Kier molecular flexibility index (Phi) is 2.56. The molecular formula is C15H24FNO. The van der Waals surface area contributed by atoms with E-state index >= 15 is 0 Å². The zero-order chi connectivity index (χ0) is 13.1. The molecule has 1 heterocycles. The van der Waals surface area contributed by atoms with Crippen LogP contribution in [0.5, 0.6) is 0 Å². The van der Waals surface area contributed by atoms with Crippen molar-refractivity contribution in [2.75, 3.05) is 13.1 Å². The van der Waals surface area contributed by atoms with Gasteiger partial charge in [0.05, 0.1) is 5.92 Å². The fourth-order valence-corrected chi connectivity index (χ4v) is 4.14. The lowest BCUT2D eigenvalue weighted by Gasteiger charge is -2.44. The topological polar surface area (TPSA) is 20.3 Å². The Morgan fingerprint density at radius 1 is 1.39 bits per heavy atom. The SMILES string of the molecule is CC(C)[C@@H]1CN(C(=O)C2CC2(C)F)CC12CCC2. The fraction of sp³-hybridized carbons (Fsp3) is 0.933. The van der Waals surface area contributed by atoms with Crippen LogP contribution in [0.25, 0.3) is 0 Å². The van der Waals surface area contributed by atoms with Crippen LogP contribution in [-0.2, 0) is 4.79 Å². The molecule has 1 amide bonds. The summed E-state index contributed by atoms with van der Waals surface area (Å²) in [5, 5.41) is 0. The van der Waals surface area contributed by atoms with E-state index in [1.165, 1.54) is 19.3 Å². The standard InChI is InChI=1S/C15H24FNO/c1-10(2)12-8-17(9-15(12)5-4-6-15)13(18)11-7-14(11,3)16/h10-12H,4-9H2,1-3H3/t11?,12-,14?/m0/s1. The summed E-state index contributed by atoms with van der Waals surface area (Å²) in [6.45, 7) is 7.83. The van der Waals surface area contributed by atoms with Crippen LogP contribution in [0.15, 0.2) is 0 Å². The molecule has 2 aliphatic carbocycles. The second-order valence-electron chi connectivity index (χ2n) is 7.32. The van der Waals surface area contributed by atoms with Crippen LogP contribution in [0.3, 0.4) is 0 Å². The van der Waals surface area contributed by atoms with Crippen LogP contribution >= 0.6 is 0 Å². The zero-order valence-electron chi connectivity index (χ0n) is 11.7. The average Bonchev–Trinajstić information content (AvgIpc) is 2.74. The molecule has 0 N–H and O–H groups in total. The van der Waals surface area contributed by atoms with Crippen LogP contribution in [0.4, 0.5) is 4.39 Å². The quantitative estimate of drug-likeness (QED) is 0.741. The summed E-state index contributed by atoms with van der Waals surface area (Å²) in [4.78, 5) is 14.3. The zero-order valence-corrected chi connectivity index (χ0v) is 11.7. The monoisotopic (exact) mass is 253 g/mol. The minimum Gasteiger partial charge on any atom is -0.341 e. The molecule has 3 atom stereocenters. The smallest absolute Gasteiger partial charge is 0.229 e. The van der Waals surface area contributed by atoms with Gasteiger partial charge >= 0.3 is 0 Å². The number of hydrogen-bond acceptors (Lipinski definition) is 1. The average molecular weight is 253 g/mol. The van der Waals surface area contributed by atoms with E-state index in [4.69, 9.17) is 0 Å². The van der Waals surface area contributed by atoms with Crippen molar-refractivity contribution in [3.8, 4) is 0 Å². The summed E-state index contributed by atoms with van der Waals surface area (Å²) in [5.41, 5.74) is -0.842. The van der Waals surface area contributed by atoms with Gasteiger partial charge in [0.25, 0.3) is 0 Å². The lowest BCUT2D eigenvalue weighted by Crippen LogP contribution is -2.40. The lowest BCUT2D eigenvalue weighted by molar-refractivity contribution is -0.133. The number of carbonyl (C=O) groups is 1. The van der Waals surface area contributed by atoms with Crippen molar-refractivity contribution in [1.82, 2.24) is 4.90 Å². The molecule has 18 heavy (non-hydrogen) atoms. The van der Waals surface area contributed by atoms with Crippen molar-refractivity contribution in [3.05, 3.63) is 0 Å². The predicted octanol–water partition coefficient (Wildman–Crippen LogP) is 3.02. The van der Waals surface area contributed by atoms with Crippen LogP contribution in [0, 0.1) is 23.2 Å². The van der Waals surface area contributed by atoms with Gasteiger partial charge in [-0.2, -0.15) is 0 Å². The second kappa shape index (κ2) is 3.71. The number of carbonyl (C=O) groups excluding carboxylic acids is 1. The second-order valence-corrected chi connectivity index (χ2v) is 7.32. The molecule has 0 aromatic carbocycles. The number of hydrogen-bond donors (Lipinski definition) is 0. The van der Waals surface area contributed by atoms with Gasteiger partial charge in [0.2, 0.25) is 5.91 Å². The molecule has 0 radical (unpaired) electrons. The minimum absolute atomic E-state index is 0.0782. The first-order chi connectivity index (χ1) is 8.36. The first kappa shape index (κ1) is 12.4. The molecule has 0 aromatic heterocycles. The maximum absolute atomic E-state index is 13.7. The summed E-state index contributed by atoms with van der Waals surface area (Å²) >= 11 is 0. The maximum Gasteiger partial charge on any atom is 0.229 e. The molecular weight excluding hydrogens is 229 g/mol. The fourth-order valence-electron chi connectivity index (χ4n) is 4.14. The third kappa shape index (κ3) is 1.70. The Balaban J connectivity index is 1.71. The van der Waals surface area contributed by atoms with Gasteiger partial charge in [-0.25, -0.2) is 4.39 Å². The third-order valence-electron chi connectivity index (χ3n) is 5.64.